The van der Waals surface area contributed by atoms with Gasteiger partial charge in [-0.2, -0.15) is 0 Å². The van der Waals surface area contributed by atoms with Gasteiger partial charge in [0.15, 0.2) is 0 Å². The molecule has 5 nitrogen and oxygen atoms in total. The largest absolute Gasteiger partial charge is 0.496 e. The zero-order chi connectivity index (χ0) is 20.6. The molecule has 0 aliphatic rings. The average molecular weight is 390 g/mol. The first-order chi connectivity index (χ1) is 14.0. The number of benzene rings is 3. The third kappa shape index (κ3) is 5.52. The molecule has 0 aliphatic carbocycles. The average Bonchev–Trinajstić information content (AvgIpc) is 2.74. The molecule has 146 valence electrons. The second-order valence-corrected chi connectivity index (χ2v) is 6.11. The molecule has 0 aliphatic heterocycles. The monoisotopic (exact) mass is 390 g/mol. The Kier molecular flexibility index (Phi) is 6.37. The maximum Gasteiger partial charge on any atom is 0.255 e. The molecule has 3 aromatic rings. The minimum absolute atomic E-state index is 0.341. The highest BCUT2D eigenvalue weighted by atomic mass is 19.1. The van der Waals surface area contributed by atoms with Gasteiger partial charge in [0.05, 0.1) is 7.11 Å². The molecule has 6 heteroatoms. The van der Waals surface area contributed by atoms with Crippen molar-refractivity contribution in [2.75, 3.05) is 17.7 Å². The Morgan fingerprint density at radius 2 is 1.66 bits per heavy atom. The molecule has 2 amide bonds. The summed E-state index contributed by atoms with van der Waals surface area (Å²) in [5.41, 5.74) is 2.09. The van der Waals surface area contributed by atoms with Gasteiger partial charge in [0.25, 0.3) is 5.91 Å². The number of carbonyl (C=O) groups excluding carboxylic acids is 2. The molecule has 2 N–H and O–H groups in total. The standard InChI is InChI=1S/C23H19FN2O3/c1-29-21-8-3-2-5-16(21)9-14-22(27)25-20-7-4-6-17(15-20)23(28)26-19-12-10-18(24)11-13-19/h2-15H,1H3,(H,25,27)(H,26,28)/b14-9+. The topological polar surface area (TPSA) is 67.4 Å². The maximum absolute atomic E-state index is 13.0. The molecule has 3 aromatic carbocycles. The molecule has 0 spiro atoms. The number of nitrogens with one attached hydrogen (secondary N) is 2. The van der Waals surface area contributed by atoms with E-state index < -0.39 is 0 Å². The molecule has 0 aromatic heterocycles. The van der Waals surface area contributed by atoms with Gasteiger partial charge in [-0.3, -0.25) is 9.59 Å². The molecular formula is C23H19FN2O3. The van der Waals surface area contributed by atoms with Crippen LogP contribution in [0.1, 0.15) is 15.9 Å². The van der Waals surface area contributed by atoms with Crippen LogP contribution in [0.5, 0.6) is 5.75 Å². The van der Waals surface area contributed by atoms with Gasteiger partial charge in [-0.25, -0.2) is 4.39 Å². The highest BCUT2D eigenvalue weighted by molar-refractivity contribution is 6.06. The quantitative estimate of drug-likeness (QED) is 0.598. The number of halogens is 1. The third-order valence-corrected chi connectivity index (χ3v) is 4.05. The molecule has 29 heavy (non-hydrogen) atoms. The molecule has 0 saturated heterocycles. The Balaban J connectivity index is 1.66. The van der Waals surface area contributed by atoms with Gasteiger partial charge >= 0.3 is 0 Å². The number of methoxy groups -OCH3 is 1. The number of ether oxygens (including phenoxy) is 1. The Labute approximate surface area is 167 Å². The van der Waals surface area contributed by atoms with E-state index in [2.05, 4.69) is 10.6 Å². The van der Waals surface area contributed by atoms with Crippen molar-refractivity contribution in [2.24, 2.45) is 0 Å². The fourth-order valence-corrected chi connectivity index (χ4v) is 2.63. The van der Waals surface area contributed by atoms with Crippen LogP contribution in [0.3, 0.4) is 0 Å². The van der Waals surface area contributed by atoms with E-state index in [4.69, 9.17) is 4.74 Å². The molecule has 3 rings (SSSR count). The number of amides is 2. The number of carbonyl (C=O) groups is 2. The van der Waals surface area contributed by atoms with E-state index in [0.717, 1.165) is 5.56 Å². The predicted molar refractivity (Wildman–Crippen MR) is 111 cm³/mol. The number of rotatable bonds is 6. The van der Waals surface area contributed by atoms with E-state index in [0.29, 0.717) is 22.7 Å². The smallest absolute Gasteiger partial charge is 0.255 e. The van der Waals surface area contributed by atoms with Crippen LogP contribution in [0.25, 0.3) is 6.08 Å². The number of hydrogen-bond acceptors (Lipinski definition) is 3. The molecule has 0 fully saturated rings. The van der Waals surface area contributed by atoms with Gasteiger partial charge in [-0.15, -0.1) is 0 Å². The van der Waals surface area contributed by atoms with Crippen LogP contribution in [0, 0.1) is 5.82 Å². The summed E-state index contributed by atoms with van der Waals surface area (Å²) in [5.74, 6) is -0.422. The number of hydrogen-bond donors (Lipinski definition) is 2. The third-order valence-electron chi connectivity index (χ3n) is 4.05. The molecule has 0 saturated carbocycles. The first-order valence-electron chi connectivity index (χ1n) is 8.84. The molecule has 0 atom stereocenters. The van der Waals surface area contributed by atoms with Crippen molar-refractivity contribution >= 4 is 29.3 Å². The van der Waals surface area contributed by atoms with Crippen LogP contribution >= 0.6 is 0 Å². The van der Waals surface area contributed by atoms with Crippen LogP contribution in [0.15, 0.2) is 78.9 Å². The summed E-state index contributed by atoms with van der Waals surface area (Å²) in [7, 11) is 1.56. The Hall–Kier alpha value is -3.93. The molecular weight excluding hydrogens is 371 g/mol. The van der Waals surface area contributed by atoms with E-state index in [-0.39, 0.29) is 17.6 Å². The van der Waals surface area contributed by atoms with Crippen LogP contribution in [0.4, 0.5) is 15.8 Å². The van der Waals surface area contributed by atoms with Gasteiger partial charge in [-0.05, 0) is 54.6 Å². The van der Waals surface area contributed by atoms with E-state index in [1.54, 1.807) is 43.5 Å². The van der Waals surface area contributed by atoms with E-state index >= 15 is 0 Å². The minimum atomic E-state index is -0.381. The van der Waals surface area contributed by atoms with Gasteiger partial charge in [-0.1, -0.05) is 24.3 Å². The van der Waals surface area contributed by atoms with Crippen LogP contribution in [-0.2, 0) is 4.79 Å². The van der Waals surface area contributed by atoms with Crippen molar-refractivity contribution in [1.29, 1.82) is 0 Å². The summed E-state index contributed by atoms with van der Waals surface area (Å²) in [4.78, 5) is 24.6. The van der Waals surface area contributed by atoms with Crippen LogP contribution in [0.2, 0.25) is 0 Å². The summed E-state index contributed by atoms with van der Waals surface area (Å²) in [5, 5.41) is 5.40. The van der Waals surface area contributed by atoms with Gasteiger partial charge in [0, 0.05) is 28.6 Å². The van der Waals surface area contributed by atoms with Crippen molar-refractivity contribution in [3.63, 3.8) is 0 Å². The van der Waals surface area contributed by atoms with E-state index in [9.17, 15) is 14.0 Å². The van der Waals surface area contributed by atoms with Crippen molar-refractivity contribution in [1.82, 2.24) is 0 Å². The summed E-state index contributed by atoms with van der Waals surface area (Å²) in [6, 6.07) is 19.4. The van der Waals surface area contributed by atoms with Crippen molar-refractivity contribution in [3.8, 4) is 5.75 Å². The zero-order valence-corrected chi connectivity index (χ0v) is 15.7. The lowest BCUT2D eigenvalue weighted by molar-refractivity contribution is -0.111. The highest BCUT2D eigenvalue weighted by Gasteiger charge is 2.08. The summed E-state index contributed by atoms with van der Waals surface area (Å²) in [6.45, 7) is 0. The Bertz CT molecular complexity index is 1050. The molecule has 0 radical (unpaired) electrons. The van der Waals surface area contributed by atoms with E-state index in [1.807, 2.05) is 18.2 Å². The normalized spacial score (nSPS) is 10.6. The van der Waals surface area contributed by atoms with Gasteiger partial charge in [0.2, 0.25) is 5.91 Å². The second-order valence-electron chi connectivity index (χ2n) is 6.11. The number of para-hydroxylation sites is 1. The first kappa shape index (κ1) is 19.8. The summed E-state index contributed by atoms with van der Waals surface area (Å²) >= 11 is 0. The van der Waals surface area contributed by atoms with Gasteiger partial charge in [0.1, 0.15) is 11.6 Å². The zero-order valence-electron chi connectivity index (χ0n) is 15.7. The summed E-state index contributed by atoms with van der Waals surface area (Å²) in [6.07, 6.45) is 3.04. The summed E-state index contributed by atoms with van der Waals surface area (Å²) < 4.78 is 18.2. The molecule has 0 heterocycles. The second kappa shape index (κ2) is 9.32. The maximum atomic E-state index is 13.0. The van der Waals surface area contributed by atoms with Crippen molar-refractivity contribution < 1.29 is 18.7 Å². The van der Waals surface area contributed by atoms with E-state index in [1.165, 1.54) is 30.3 Å². The van der Waals surface area contributed by atoms with Crippen LogP contribution < -0.4 is 15.4 Å². The Morgan fingerprint density at radius 1 is 0.897 bits per heavy atom. The lowest BCUT2D eigenvalue weighted by Gasteiger charge is -2.08. The van der Waals surface area contributed by atoms with Crippen molar-refractivity contribution in [3.05, 3.63) is 95.8 Å². The van der Waals surface area contributed by atoms with Gasteiger partial charge < -0.3 is 15.4 Å². The van der Waals surface area contributed by atoms with Crippen molar-refractivity contribution in [2.45, 2.75) is 0 Å². The minimum Gasteiger partial charge on any atom is -0.496 e. The SMILES string of the molecule is COc1ccccc1/C=C/C(=O)Nc1cccc(C(=O)Nc2ccc(F)cc2)c1. The Morgan fingerprint density at radius 3 is 2.41 bits per heavy atom. The fraction of sp³-hybridized carbons (Fsp3) is 0.0435. The highest BCUT2D eigenvalue weighted by Crippen LogP contribution is 2.19. The first-order valence-corrected chi connectivity index (χ1v) is 8.84. The van der Waals surface area contributed by atoms with Crippen LogP contribution in [-0.4, -0.2) is 18.9 Å². The molecule has 0 unspecified atom stereocenters. The lowest BCUT2D eigenvalue weighted by Crippen LogP contribution is -2.13. The predicted octanol–water partition coefficient (Wildman–Crippen LogP) is 4.74. The fourth-order valence-electron chi connectivity index (χ4n) is 2.63. The number of anilines is 2. The lowest BCUT2D eigenvalue weighted by atomic mass is 10.1. The molecule has 0 bridgehead atoms.